The molecule has 130 valence electrons. The summed E-state index contributed by atoms with van der Waals surface area (Å²) in [4.78, 5) is 32.3. The Kier molecular flexibility index (Phi) is 3.72. The molecule has 4 rings (SSSR count). The largest absolute Gasteiger partial charge is 0.339 e. The molecule has 2 aromatic heterocycles. The molecule has 1 N–H and O–H groups in total. The monoisotopic (exact) mass is 354 g/mol. The zero-order chi connectivity index (χ0) is 18.3. The molecule has 6 nitrogen and oxygen atoms in total. The van der Waals surface area contributed by atoms with Gasteiger partial charge in [-0.2, -0.15) is 0 Å². The van der Waals surface area contributed by atoms with Crippen molar-refractivity contribution in [1.29, 1.82) is 0 Å². The third-order valence-corrected chi connectivity index (χ3v) is 4.09. The fourth-order valence-electron chi connectivity index (χ4n) is 2.83. The number of nitrogens with zero attached hydrogens (tertiary/aromatic N) is 3. The van der Waals surface area contributed by atoms with Crippen LogP contribution < -0.4 is 11.2 Å². The molecular weight excluding hydrogens is 342 g/mol. The molecule has 0 aliphatic rings. The van der Waals surface area contributed by atoms with E-state index in [2.05, 4.69) is 9.97 Å². The van der Waals surface area contributed by atoms with Gasteiger partial charge < -0.3 is 4.98 Å². The van der Waals surface area contributed by atoms with Crippen LogP contribution in [0.3, 0.4) is 0 Å². The van der Waals surface area contributed by atoms with Crippen molar-refractivity contribution in [2.75, 3.05) is 0 Å². The predicted octanol–water partition coefficient (Wildman–Crippen LogP) is 2.20. The lowest BCUT2D eigenvalue weighted by Gasteiger charge is -2.12. The molecular formula is C18H12F2N4O2. The average Bonchev–Trinajstić information content (AvgIpc) is 3.11. The predicted molar refractivity (Wildman–Crippen MR) is 91.4 cm³/mol. The molecule has 0 saturated heterocycles. The summed E-state index contributed by atoms with van der Waals surface area (Å²) in [5.74, 6) is -1.18. The van der Waals surface area contributed by atoms with E-state index in [0.717, 1.165) is 9.13 Å². The second-order valence-corrected chi connectivity index (χ2v) is 5.65. The molecule has 2 aromatic carbocycles. The first-order valence-corrected chi connectivity index (χ1v) is 7.75. The van der Waals surface area contributed by atoms with Crippen molar-refractivity contribution in [3.05, 3.63) is 92.9 Å². The number of rotatable bonds is 3. The zero-order valence-corrected chi connectivity index (χ0v) is 13.3. The molecule has 0 atom stereocenters. The Bertz CT molecular complexity index is 1240. The van der Waals surface area contributed by atoms with Gasteiger partial charge in [0.2, 0.25) is 0 Å². The Morgan fingerprint density at radius 1 is 0.962 bits per heavy atom. The van der Waals surface area contributed by atoms with Crippen LogP contribution in [0.25, 0.3) is 16.9 Å². The second kappa shape index (κ2) is 6.07. The number of H-pyrrole nitrogens is 1. The standard InChI is InChI=1S/C18H12F2N4O2/c19-12-6-2-1-5-11(12)9-23-17(25)15-16(22-10-21-15)24(18(23)26)14-8-4-3-7-13(14)20/h1-8,10H,9H2,(H,21,22). The number of fused-ring (bicyclic) bond motifs is 1. The third kappa shape index (κ3) is 2.43. The van der Waals surface area contributed by atoms with Crippen molar-refractivity contribution >= 4 is 11.2 Å². The van der Waals surface area contributed by atoms with Crippen LogP contribution in [0.1, 0.15) is 5.56 Å². The van der Waals surface area contributed by atoms with E-state index < -0.39 is 22.9 Å². The quantitative estimate of drug-likeness (QED) is 0.613. The van der Waals surface area contributed by atoms with Gasteiger partial charge in [0.25, 0.3) is 5.56 Å². The molecule has 26 heavy (non-hydrogen) atoms. The van der Waals surface area contributed by atoms with E-state index >= 15 is 0 Å². The van der Waals surface area contributed by atoms with E-state index in [0.29, 0.717) is 0 Å². The van der Waals surface area contributed by atoms with E-state index in [1.807, 2.05) is 0 Å². The summed E-state index contributed by atoms with van der Waals surface area (Å²) in [7, 11) is 0. The normalized spacial score (nSPS) is 11.2. The third-order valence-electron chi connectivity index (χ3n) is 4.09. The SMILES string of the molecule is O=c1c2[nH]cnc2n(-c2ccccc2F)c(=O)n1Cc1ccccc1F. The summed E-state index contributed by atoms with van der Waals surface area (Å²) < 4.78 is 30.1. The Labute approximate surface area is 145 Å². The summed E-state index contributed by atoms with van der Waals surface area (Å²) in [6.45, 7) is -0.284. The molecule has 0 radical (unpaired) electrons. The highest BCUT2D eigenvalue weighted by molar-refractivity contribution is 5.71. The number of nitrogens with one attached hydrogen (secondary N) is 1. The highest BCUT2D eigenvalue weighted by atomic mass is 19.1. The highest BCUT2D eigenvalue weighted by Gasteiger charge is 2.19. The first-order valence-electron chi connectivity index (χ1n) is 7.75. The summed E-state index contributed by atoms with van der Waals surface area (Å²) in [5.41, 5.74) is -1.29. The Morgan fingerprint density at radius 2 is 1.65 bits per heavy atom. The molecule has 0 unspecified atom stereocenters. The van der Waals surface area contributed by atoms with E-state index in [4.69, 9.17) is 0 Å². The van der Waals surface area contributed by atoms with Crippen LogP contribution in [0, 0.1) is 11.6 Å². The van der Waals surface area contributed by atoms with Gasteiger partial charge in [-0.25, -0.2) is 23.1 Å². The molecule has 0 bridgehead atoms. The van der Waals surface area contributed by atoms with Crippen molar-refractivity contribution in [2.45, 2.75) is 6.54 Å². The van der Waals surface area contributed by atoms with Crippen LogP contribution in [-0.4, -0.2) is 19.1 Å². The fourth-order valence-corrected chi connectivity index (χ4v) is 2.83. The second-order valence-electron chi connectivity index (χ2n) is 5.65. The fraction of sp³-hybridized carbons (Fsp3) is 0.0556. The molecule has 4 aromatic rings. The van der Waals surface area contributed by atoms with Gasteiger partial charge in [-0.05, 0) is 18.2 Å². The minimum atomic E-state index is -0.803. The van der Waals surface area contributed by atoms with E-state index in [1.165, 1.54) is 42.7 Å². The summed E-state index contributed by atoms with van der Waals surface area (Å²) in [6, 6.07) is 11.5. The highest BCUT2D eigenvalue weighted by Crippen LogP contribution is 2.15. The molecule has 2 heterocycles. The van der Waals surface area contributed by atoms with Gasteiger partial charge in [-0.1, -0.05) is 30.3 Å². The van der Waals surface area contributed by atoms with Gasteiger partial charge in [0.05, 0.1) is 18.6 Å². The van der Waals surface area contributed by atoms with Gasteiger partial charge in [-0.3, -0.25) is 9.36 Å². The van der Waals surface area contributed by atoms with Crippen molar-refractivity contribution in [3.8, 4) is 5.69 Å². The number of para-hydroxylation sites is 1. The molecule has 0 aliphatic carbocycles. The summed E-state index contributed by atoms with van der Waals surface area (Å²) in [5, 5.41) is 0. The van der Waals surface area contributed by atoms with Gasteiger partial charge in [0.15, 0.2) is 5.65 Å². The molecule has 0 saturated carbocycles. The number of hydrogen-bond acceptors (Lipinski definition) is 3. The number of halogens is 2. The smallest absolute Gasteiger partial charge is 0.337 e. The maximum atomic E-state index is 14.3. The lowest BCUT2D eigenvalue weighted by molar-refractivity contribution is 0.581. The van der Waals surface area contributed by atoms with Crippen LogP contribution >= 0.6 is 0 Å². The van der Waals surface area contributed by atoms with Gasteiger partial charge in [-0.15, -0.1) is 0 Å². The lowest BCUT2D eigenvalue weighted by Crippen LogP contribution is -2.40. The maximum Gasteiger partial charge on any atom is 0.337 e. The van der Waals surface area contributed by atoms with Gasteiger partial charge in [0, 0.05) is 5.56 Å². The summed E-state index contributed by atoms with van der Waals surface area (Å²) in [6.07, 6.45) is 1.25. The molecule has 0 aliphatic heterocycles. The maximum absolute atomic E-state index is 14.3. The van der Waals surface area contributed by atoms with Crippen molar-refractivity contribution < 1.29 is 8.78 Å². The first-order chi connectivity index (χ1) is 12.6. The van der Waals surface area contributed by atoms with Gasteiger partial charge >= 0.3 is 5.69 Å². The van der Waals surface area contributed by atoms with E-state index in [1.54, 1.807) is 12.1 Å². The van der Waals surface area contributed by atoms with Crippen molar-refractivity contribution in [2.24, 2.45) is 0 Å². The number of benzene rings is 2. The van der Waals surface area contributed by atoms with Crippen LogP contribution in [-0.2, 0) is 6.54 Å². The minimum Gasteiger partial charge on any atom is -0.339 e. The Hall–Kier alpha value is -3.55. The van der Waals surface area contributed by atoms with Crippen LogP contribution in [0.5, 0.6) is 0 Å². The topological polar surface area (TPSA) is 72.7 Å². The lowest BCUT2D eigenvalue weighted by atomic mass is 10.2. The van der Waals surface area contributed by atoms with Crippen LogP contribution in [0.15, 0.2) is 64.4 Å². The number of hydrogen-bond donors (Lipinski definition) is 1. The zero-order valence-electron chi connectivity index (χ0n) is 13.3. The number of aromatic nitrogens is 4. The van der Waals surface area contributed by atoms with Gasteiger partial charge in [0.1, 0.15) is 17.2 Å². The average molecular weight is 354 g/mol. The molecule has 0 amide bonds. The Morgan fingerprint density at radius 3 is 2.38 bits per heavy atom. The number of aromatic amines is 1. The first kappa shape index (κ1) is 15.9. The molecule has 8 heteroatoms. The van der Waals surface area contributed by atoms with Crippen molar-refractivity contribution in [1.82, 2.24) is 19.1 Å². The Balaban J connectivity index is 2.04. The van der Waals surface area contributed by atoms with Crippen LogP contribution in [0.2, 0.25) is 0 Å². The van der Waals surface area contributed by atoms with E-state index in [-0.39, 0.29) is 29.0 Å². The van der Waals surface area contributed by atoms with Crippen molar-refractivity contribution in [3.63, 3.8) is 0 Å². The molecule has 0 spiro atoms. The van der Waals surface area contributed by atoms with Crippen LogP contribution in [0.4, 0.5) is 8.78 Å². The number of imidazole rings is 1. The van der Waals surface area contributed by atoms with E-state index in [9.17, 15) is 18.4 Å². The molecule has 0 fully saturated rings. The summed E-state index contributed by atoms with van der Waals surface area (Å²) >= 11 is 0. The minimum absolute atomic E-state index is 0.00915.